The summed E-state index contributed by atoms with van der Waals surface area (Å²) >= 11 is 0. The van der Waals surface area contributed by atoms with E-state index in [-0.39, 0.29) is 11.5 Å². The van der Waals surface area contributed by atoms with Crippen LogP contribution in [0.5, 0.6) is 0 Å². The monoisotopic (exact) mass is 270 g/mol. The number of imidazole rings is 1. The minimum Gasteiger partial charge on any atom is -0.363 e. The van der Waals surface area contributed by atoms with Crippen LogP contribution in [0.3, 0.4) is 0 Å². The van der Waals surface area contributed by atoms with E-state index in [1.165, 1.54) is 17.2 Å². The van der Waals surface area contributed by atoms with Gasteiger partial charge in [-0.15, -0.1) is 0 Å². The summed E-state index contributed by atoms with van der Waals surface area (Å²) in [5, 5.41) is 15.1. The highest BCUT2D eigenvalue weighted by atomic mass is 16.6. The zero-order chi connectivity index (χ0) is 14.1. The molecule has 7 heteroatoms. The van der Waals surface area contributed by atoms with Crippen LogP contribution in [0.1, 0.15) is 0 Å². The van der Waals surface area contributed by atoms with Crippen LogP contribution in [0.4, 0.5) is 5.82 Å². The van der Waals surface area contributed by atoms with E-state index in [9.17, 15) is 10.1 Å². The van der Waals surface area contributed by atoms with Crippen LogP contribution in [0.25, 0.3) is 22.5 Å². The SMILES string of the molecule is Cn1cnc(-c2conc2-c2ccccc2)c1[N+](=O)[O-]. The van der Waals surface area contributed by atoms with E-state index < -0.39 is 4.92 Å². The van der Waals surface area contributed by atoms with Crippen molar-refractivity contribution < 1.29 is 9.45 Å². The van der Waals surface area contributed by atoms with Crippen LogP contribution in [0.2, 0.25) is 0 Å². The highest BCUT2D eigenvalue weighted by Crippen LogP contribution is 2.34. The van der Waals surface area contributed by atoms with E-state index in [2.05, 4.69) is 10.1 Å². The molecule has 0 bridgehead atoms. The molecular weight excluding hydrogens is 260 g/mol. The molecule has 100 valence electrons. The highest BCUT2D eigenvalue weighted by molar-refractivity contribution is 5.81. The third-order valence-electron chi connectivity index (χ3n) is 2.95. The molecule has 0 spiro atoms. The van der Waals surface area contributed by atoms with Crippen molar-refractivity contribution in [3.63, 3.8) is 0 Å². The molecular formula is C13H10N4O3. The predicted molar refractivity (Wildman–Crippen MR) is 70.8 cm³/mol. The zero-order valence-corrected chi connectivity index (χ0v) is 10.6. The van der Waals surface area contributed by atoms with Crippen molar-refractivity contribution in [2.24, 2.45) is 7.05 Å². The van der Waals surface area contributed by atoms with Crippen LogP contribution in [0.15, 0.2) is 47.4 Å². The second-order valence-corrected chi connectivity index (χ2v) is 4.23. The first-order chi connectivity index (χ1) is 9.68. The molecule has 3 aromatic rings. The van der Waals surface area contributed by atoms with Gasteiger partial charge in [0.05, 0.1) is 12.6 Å². The molecule has 0 aliphatic carbocycles. The molecule has 7 nitrogen and oxygen atoms in total. The number of aromatic nitrogens is 3. The van der Waals surface area contributed by atoms with Crippen molar-refractivity contribution in [1.29, 1.82) is 0 Å². The van der Waals surface area contributed by atoms with E-state index >= 15 is 0 Å². The molecule has 0 saturated heterocycles. The fraction of sp³-hybridized carbons (Fsp3) is 0.0769. The number of hydrogen-bond acceptors (Lipinski definition) is 5. The van der Waals surface area contributed by atoms with Crippen LogP contribution >= 0.6 is 0 Å². The van der Waals surface area contributed by atoms with E-state index in [0.29, 0.717) is 11.3 Å². The summed E-state index contributed by atoms with van der Waals surface area (Å²) in [5.41, 5.74) is 2.10. The standard InChI is InChI=1S/C13H10N4O3/c1-16-8-14-12(13(16)17(18)19)10-7-20-15-11(10)9-5-3-2-4-6-9/h2-8H,1H3. The average molecular weight is 270 g/mol. The third kappa shape index (κ3) is 1.85. The van der Waals surface area contributed by atoms with Gasteiger partial charge in [-0.1, -0.05) is 35.5 Å². The van der Waals surface area contributed by atoms with Gasteiger partial charge < -0.3 is 14.6 Å². The lowest BCUT2D eigenvalue weighted by Crippen LogP contribution is -1.97. The van der Waals surface area contributed by atoms with Crippen molar-refractivity contribution >= 4 is 5.82 Å². The van der Waals surface area contributed by atoms with Crippen LogP contribution in [0, 0.1) is 10.1 Å². The van der Waals surface area contributed by atoms with Gasteiger partial charge >= 0.3 is 5.82 Å². The molecule has 0 aliphatic heterocycles. The smallest absolute Gasteiger partial charge is 0.350 e. The molecule has 2 aromatic heterocycles. The van der Waals surface area contributed by atoms with Gasteiger partial charge in [0.25, 0.3) is 0 Å². The number of nitrogens with zero attached hydrogens (tertiary/aromatic N) is 4. The van der Waals surface area contributed by atoms with Crippen LogP contribution in [-0.2, 0) is 7.05 Å². The summed E-state index contributed by atoms with van der Waals surface area (Å²) in [6.45, 7) is 0. The lowest BCUT2D eigenvalue weighted by molar-refractivity contribution is -0.391. The van der Waals surface area contributed by atoms with Gasteiger partial charge in [0.15, 0.2) is 12.0 Å². The molecule has 1 aromatic carbocycles. The Bertz CT molecular complexity index is 761. The predicted octanol–water partition coefficient (Wildman–Crippen LogP) is 2.65. The Morgan fingerprint density at radius 1 is 1.25 bits per heavy atom. The van der Waals surface area contributed by atoms with Crippen molar-refractivity contribution in [3.05, 3.63) is 53.0 Å². The summed E-state index contributed by atoms with van der Waals surface area (Å²) in [6, 6.07) is 9.32. The minimum absolute atomic E-state index is 0.0922. The van der Waals surface area contributed by atoms with Gasteiger partial charge in [0.1, 0.15) is 12.0 Å². The Kier molecular flexibility index (Phi) is 2.79. The molecule has 0 radical (unpaired) electrons. The van der Waals surface area contributed by atoms with E-state index in [0.717, 1.165) is 5.56 Å². The van der Waals surface area contributed by atoms with Crippen molar-refractivity contribution in [1.82, 2.24) is 14.7 Å². The summed E-state index contributed by atoms with van der Waals surface area (Å²) in [4.78, 5) is 14.8. The first-order valence-electron chi connectivity index (χ1n) is 5.84. The van der Waals surface area contributed by atoms with Crippen molar-refractivity contribution in [2.45, 2.75) is 0 Å². The summed E-state index contributed by atoms with van der Waals surface area (Å²) in [6.07, 6.45) is 2.77. The minimum atomic E-state index is -0.468. The Morgan fingerprint density at radius 2 is 2.00 bits per heavy atom. The first-order valence-corrected chi connectivity index (χ1v) is 5.84. The van der Waals surface area contributed by atoms with E-state index in [4.69, 9.17) is 4.52 Å². The van der Waals surface area contributed by atoms with Gasteiger partial charge in [-0.25, -0.2) is 9.55 Å². The summed E-state index contributed by atoms with van der Waals surface area (Å²) in [7, 11) is 1.57. The topological polar surface area (TPSA) is 87.0 Å². The number of hydrogen-bond donors (Lipinski definition) is 0. The molecule has 0 atom stereocenters. The number of nitro groups is 1. The number of benzene rings is 1. The maximum atomic E-state index is 11.1. The molecule has 2 heterocycles. The zero-order valence-electron chi connectivity index (χ0n) is 10.6. The normalized spacial score (nSPS) is 10.7. The van der Waals surface area contributed by atoms with Gasteiger partial charge in [0, 0.05) is 5.56 Å². The lowest BCUT2D eigenvalue weighted by Gasteiger charge is -2.00. The molecule has 0 saturated carbocycles. The summed E-state index contributed by atoms with van der Waals surface area (Å²) in [5.74, 6) is -0.0922. The Labute approximate surface area is 113 Å². The lowest BCUT2D eigenvalue weighted by atomic mass is 10.1. The Hall–Kier alpha value is -2.96. The Balaban J connectivity index is 2.18. The fourth-order valence-corrected chi connectivity index (χ4v) is 2.04. The van der Waals surface area contributed by atoms with Crippen LogP contribution in [-0.4, -0.2) is 19.6 Å². The second-order valence-electron chi connectivity index (χ2n) is 4.23. The largest absolute Gasteiger partial charge is 0.363 e. The fourth-order valence-electron chi connectivity index (χ4n) is 2.04. The summed E-state index contributed by atoms with van der Waals surface area (Å²) < 4.78 is 6.33. The van der Waals surface area contributed by atoms with Gasteiger partial charge in [0.2, 0.25) is 0 Å². The average Bonchev–Trinajstić information content (AvgIpc) is 3.05. The molecule has 20 heavy (non-hydrogen) atoms. The second kappa shape index (κ2) is 4.61. The number of rotatable bonds is 3. The van der Waals surface area contributed by atoms with Crippen molar-refractivity contribution in [3.8, 4) is 22.5 Å². The quantitative estimate of drug-likeness (QED) is 0.539. The van der Waals surface area contributed by atoms with E-state index in [1.807, 2.05) is 30.3 Å². The van der Waals surface area contributed by atoms with E-state index in [1.54, 1.807) is 7.05 Å². The van der Waals surface area contributed by atoms with Crippen molar-refractivity contribution in [2.75, 3.05) is 0 Å². The third-order valence-corrected chi connectivity index (χ3v) is 2.95. The molecule has 0 unspecified atom stereocenters. The molecule has 0 aliphatic rings. The van der Waals surface area contributed by atoms with Crippen LogP contribution < -0.4 is 0 Å². The maximum absolute atomic E-state index is 11.1. The number of aryl methyl sites for hydroxylation is 1. The van der Waals surface area contributed by atoms with Gasteiger partial charge in [-0.3, -0.25) is 0 Å². The molecule has 0 amide bonds. The molecule has 0 N–H and O–H groups in total. The first kappa shape index (κ1) is 12.1. The van der Waals surface area contributed by atoms with Gasteiger partial charge in [-0.2, -0.15) is 0 Å². The molecule has 0 fully saturated rings. The maximum Gasteiger partial charge on any atom is 0.350 e. The Morgan fingerprint density at radius 3 is 2.70 bits per heavy atom. The van der Waals surface area contributed by atoms with Gasteiger partial charge in [-0.05, 0) is 4.92 Å². The highest BCUT2D eigenvalue weighted by Gasteiger charge is 2.25. The molecule has 3 rings (SSSR count).